The third-order valence-electron chi connectivity index (χ3n) is 2.14. The summed E-state index contributed by atoms with van der Waals surface area (Å²) >= 11 is 1.52. The van der Waals surface area contributed by atoms with E-state index in [-0.39, 0.29) is 12.4 Å². The molecule has 1 aromatic heterocycles. The smallest absolute Gasteiger partial charge is 0.126 e. The van der Waals surface area contributed by atoms with Gasteiger partial charge < -0.3 is 9.84 Å². The van der Waals surface area contributed by atoms with Crippen LogP contribution in [-0.2, 0) is 6.61 Å². The maximum Gasteiger partial charge on any atom is 0.126 e. The van der Waals surface area contributed by atoms with Crippen LogP contribution in [0.4, 0.5) is 4.39 Å². The molecule has 2 aromatic rings. The topological polar surface area (TPSA) is 29.5 Å². The standard InChI is InChI=1S/C14H11FO2S/c15-12-4-1-5-13(8-12)17-9-14-7-11(10-18-14)3-2-6-16/h1,4-5,7-8,10,16H,6,9H2. The van der Waals surface area contributed by atoms with Crippen LogP contribution in [-0.4, -0.2) is 11.7 Å². The first-order chi connectivity index (χ1) is 8.78. The molecule has 0 bridgehead atoms. The van der Waals surface area contributed by atoms with Gasteiger partial charge in [0.15, 0.2) is 0 Å². The summed E-state index contributed by atoms with van der Waals surface area (Å²) in [5.74, 6) is 5.59. The van der Waals surface area contributed by atoms with Crippen molar-refractivity contribution in [1.29, 1.82) is 0 Å². The second-order valence-corrected chi connectivity index (χ2v) is 4.50. The maximum absolute atomic E-state index is 12.9. The molecule has 1 N–H and O–H groups in total. The van der Waals surface area contributed by atoms with E-state index in [4.69, 9.17) is 9.84 Å². The number of aliphatic hydroxyl groups excluding tert-OH is 1. The van der Waals surface area contributed by atoms with Crippen LogP contribution in [0.3, 0.4) is 0 Å². The van der Waals surface area contributed by atoms with Crippen molar-refractivity contribution in [3.05, 3.63) is 52.0 Å². The summed E-state index contributed by atoms with van der Waals surface area (Å²) < 4.78 is 18.4. The molecule has 0 unspecified atom stereocenters. The Labute approximate surface area is 109 Å². The zero-order valence-electron chi connectivity index (χ0n) is 9.52. The van der Waals surface area contributed by atoms with Crippen molar-refractivity contribution in [2.24, 2.45) is 0 Å². The Hall–Kier alpha value is -1.83. The number of halogens is 1. The predicted molar refractivity (Wildman–Crippen MR) is 69.0 cm³/mol. The molecule has 4 heteroatoms. The normalized spacial score (nSPS) is 9.67. The highest BCUT2D eigenvalue weighted by molar-refractivity contribution is 7.10. The lowest BCUT2D eigenvalue weighted by molar-refractivity contribution is 0.308. The summed E-state index contributed by atoms with van der Waals surface area (Å²) in [5.41, 5.74) is 0.854. The van der Waals surface area contributed by atoms with E-state index in [1.165, 1.54) is 23.5 Å². The minimum atomic E-state index is -0.312. The van der Waals surface area contributed by atoms with Gasteiger partial charge in [-0.3, -0.25) is 0 Å². The van der Waals surface area contributed by atoms with E-state index in [2.05, 4.69) is 11.8 Å². The van der Waals surface area contributed by atoms with Gasteiger partial charge in [-0.05, 0) is 18.2 Å². The maximum atomic E-state index is 12.9. The second-order valence-electron chi connectivity index (χ2n) is 3.51. The highest BCUT2D eigenvalue weighted by atomic mass is 32.1. The molecule has 0 aliphatic carbocycles. The molecule has 0 fully saturated rings. The van der Waals surface area contributed by atoms with E-state index in [1.807, 2.05) is 11.4 Å². The van der Waals surface area contributed by atoms with Crippen LogP contribution >= 0.6 is 11.3 Å². The average molecular weight is 262 g/mol. The van der Waals surface area contributed by atoms with Crippen LogP contribution < -0.4 is 4.74 Å². The zero-order chi connectivity index (χ0) is 12.8. The van der Waals surface area contributed by atoms with Crippen LogP contribution in [0.2, 0.25) is 0 Å². The molecule has 0 aliphatic rings. The van der Waals surface area contributed by atoms with E-state index in [1.54, 1.807) is 12.1 Å². The molecule has 0 amide bonds. The Morgan fingerprint density at radius 2 is 2.22 bits per heavy atom. The molecule has 0 radical (unpaired) electrons. The first-order valence-corrected chi connectivity index (χ1v) is 6.21. The summed E-state index contributed by atoms with van der Waals surface area (Å²) in [5, 5.41) is 10.5. The van der Waals surface area contributed by atoms with Crippen molar-refractivity contribution in [3.63, 3.8) is 0 Å². The van der Waals surface area contributed by atoms with E-state index in [0.29, 0.717) is 12.4 Å². The first-order valence-electron chi connectivity index (χ1n) is 5.33. The second kappa shape index (κ2) is 6.20. The lowest BCUT2D eigenvalue weighted by atomic mass is 10.3. The number of ether oxygens (including phenoxy) is 1. The molecule has 92 valence electrons. The summed E-state index contributed by atoms with van der Waals surface area (Å²) in [6.07, 6.45) is 0. The minimum absolute atomic E-state index is 0.148. The van der Waals surface area contributed by atoms with E-state index in [9.17, 15) is 4.39 Å². The van der Waals surface area contributed by atoms with Gasteiger partial charge in [-0.15, -0.1) is 11.3 Å². The van der Waals surface area contributed by atoms with Gasteiger partial charge in [-0.2, -0.15) is 0 Å². The fraction of sp³-hybridized carbons (Fsp3) is 0.143. The molecule has 18 heavy (non-hydrogen) atoms. The predicted octanol–water partition coefficient (Wildman–Crippen LogP) is 2.81. The van der Waals surface area contributed by atoms with Crippen molar-refractivity contribution in [3.8, 4) is 17.6 Å². The summed E-state index contributed by atoms with van der Waals surface area (Å²) in [6.45, 7) is 0.236. The highest BCUT2D eigenvalue weighted by Crippen LogP contribution is 2.18. The van der Waals surface area contributed by atoms with Crippen LogP contribution in [0.1, 0.15) is 10.4 Å². The molecule has 2 rings (SSSR count). The van der Waals surface area contributed by atoms with Crippen molar-refractivity contribution in [2.75, 3.05) is 6.61 Å². The molecule has 0 saturated heterocycles. The summed E-state index contributed by atoms with van der Waals surface area (Å²) in [7, 11) is 0. The Morgan fingerprint density at radius 1 is 1.33 bits per heavy atom. The monoisotopic (exact) mass is 262 g/mol. The third-order valence-corrected chi connectivity index (χ3v) is 3.05. The average Bonchev–Trinajstić information content (AvgIpc) is 2.82. The van der Waals surface area contributed by atoms with Crippen LogP contribution in [0.15, 0.2) is 35.7 Å². The van der Waals surface area contributed by atoms with Crippen molar-refractivity contribution >= 4 is 11.3 Å². The molecular weight excluding hydrogens is 251 g/mol. The highest BCUT2D eigenvalue weighted by Gasteiger charge is 2.00. The van der Waals surface area contributed by atoms with Gasteiger partial charge in [0, 0.05) is 21.9 Å². The number of thiophene rings is 1. The van der Waals surface area contributed by atoms with Gasteiger partial charge in [0.05, 0.1) is 0 Å². The quantitative estimate of drug-likeness (QED) is 0.862. The molecular formula is C14H11FO2S. The molecule has 0 spiro atoms. The number of benzene rings is 1. The fourth-order valence-electron chi connectivity index (χ4n) is 1.37. The van der Waals surface area contributed by atoms with Gasteiger partial charge in [-0.25, -0.2) is 4.39 Å². The van der Waals surface area contributed by atoms with Gasteiger partial charge in [-0.1, -0.05) is 17.9 Å². The van der Waals surface area contributed by atoms with Crippen molar-refractivity contribution in [2.45, 2.75) is 6.61 Å². The number of hydrogen-bond donors (Lipinski definition) is 1. The van der Waals surface area contributed by atoms with Crippen molar-refractivity contribution < 1.29 is 14.2 Å². The lowest BCUT2D eigenvalue weighted by Gasteiger charge is -2.03. The van der Waals surface area contributed by atoms with Gasteiger partial charge in [0.1, 0.15) is 24.8 Å². The number of hydrogen-bond acceptors (Lipinski definition) is 3. The summed E-state index contributed by atoms with van der Waals surface area (Å²) in [6, 6.07) is 7.94. The van der Waals surface area contributed by atoms with Gasteiger partial charge in [0.25, 0.3) is 0 Å². The van der Waals surface area contributed by atoms with Crippen LogP contribution in [0.25, 0.3) is 0 Å². The molecule has 1 aromatic carbocycles. The van der Waals surface area contributed by atoms with Gasteiger partial charge in [0.2, 0.25) is 0 Å². The molecule has 0 aliphatic heterocycles. The lowest BCUT2D eigenvalue weighted by Crippen LogP contribution is -1.92. The van der Waals surface area contributed by atoms with Crippen LogP contribution in [0, 0.1) is 17.7 Å². The van der Waals surface area contributed by atoms with E-state index < -0.39 is 0 Å². The SMILES string of the molecule is OCC#Cc1csc(COc2cccc(F)c2)c1. The van der Waals surface area contributed by atoms with Crippen LogP contribution in [0.5, 0.6) is 5.75 Å². The minimum Gasteiger partial charge on any atom is -0.488 e. The Morgan fingerprint density at radius 3 is 3.00 bits per heavy atom. The zero-order valence-corrected chi connectivity index (χ0v) is 10.3. The largest absolute Gasteiger partial charge is 0.488 e. The molecule has 0 saturated carbocycles. The Bertz CT molecular complexity index is 581. The molecule has 0 atom stereocenters. The van der Waals surface area contributed by atoms with E-state index in [0.717, 1.165) is 10.4 Å². The Kier molecular flexibility index (Phi) is 4.35. The third kappa shape index (κ3) is 3.59. The molecule has 2 nitrogen and oxygen atoms in total. The molecule has 1 heterocycles. The van der Waals surface area contributed by atoms with Gasteiger partial charge >= 0.3 is 0 Å². The van der Waals surface area contributed by atoms with E-state index >= 15 is 0 Å². The first kappa shape index (κ1) is 12.6. The van der Waals surface area contributed by atoms with Crippen molar-refractivity contribution in [1.82, 2.24) is 0 Å². The summed E-state index contributed by atoms with van der Waals surface area (Å²) in [4.78, 5) is 1.00. The number of aliphatic hydroxyl groups is 1. The fourth-order valence-corrected chi connectivity index (χ4v) is 2.10. The number of rotatable bonds is 3. The Balaban J connectivity index is 1.96.